The quantitative estimate of drug-likeness (QED) is 0.540. The first-order valence-electron chi connectivity index (χ1n) is 11.6. The van der Waals surface area contributed by atoms with Crippen LogP contribution in [-0.4, -0.2) is 38.6 Å². The van der Waals surface area contributed by atoms with Gasteiger partial charge in [0.2, 0.25) is 5.91 Å². The zero-order valence-corrected chi connectivity index (χ0v) is 19.3. The molecule has 0 radical (unpaired) electrons. The maximum absolute atomic E-state index is 13.4. The van der Waals surface area contributed by atoms with Gasteiger partial charge in [0.15, 0.2) is 0 Å². The van der Waals surface area contributed by atoms with Crippen molar-refractivity contribution in [3.63, 3.8) is 0 Å². The highest BCUT2D eigenvalue weighted by Gasteiger charge is 2.61. The Balaban J connectivity index is 1.38. The molecule has 9 nitrogen and oxygen atoms in total. The first kappa shape index (κ1) is 22.6. The number of ether oxygens (including phenoxy) is 1. The maximum Gasteiger partial charge on any atom is 0.303 e. The van der Waals surface area contributed by atoms with E-state index in [9.17, 15) is 14.9 Å². The number of aliphatic carboxylic acids is 1. The molecule has 2 N–H and O–H groups in total. The molecule has 1 saturated carbocycles. The number of nitrogens with zero attached hydrogens (tertiary/aromatic N) is 4. The third-order valence-electron chi connectivity index (χ3n) is 6.95. The second kappa shape index (κ2) is 8.87. The molecule has 2 heterocycles. The van der Waals surface area contributed by atoms with Crippen LogP contribution in [0.2, 0.25) is 0 Å². The first-order chi connectivity index (χ1) is 16.9. The number of carboxylic acid groups (broad SMARTS) is 1. The second-order valence-corrected chi connectivity index (χ2v) is 9.22. The van der Waals surface area contributed by atoms with Crippen molar-refractivity contribution < 1.29 is 19.4 Å². The number of benzene rings is 2. The molecular weight excluding hydrogens is 446 g/mol. The summed E-state index contributed by atoms with van der Waals surface area (Å²) in [4.78, 5) is 24.3. The van der Waals surface area contributed by atoms with Gasteiger partial charge in [-0.15, -0.1) is 5.10 Å². The number of amides is 1. The summed E-state index contributed by atoms with van der Waals surface area (Å²) in [5, 5.41) is 29.5. The standard InChI is InChI=1S/C26H25N5O4/c1-31-15-22(29-30-31)18-7-8-23-19(12-18)26(9-10-35-23)13-20(26)25(34)28-21-11-16(14-27)5-6-17(21)3-2-4-24(32)33/h5-8,11-12,15,20H,2-4,9-10,13H2,1H3,(H,28,34)(H,32,33)/t20-,26?/m0/s1. The summed E-state index contributed by atoms with van der Waals surface area (Å²) in [5.41, 5.74) is 4.24. The number of anilines is 1. The van der Waals surface area contributed by atoms with Crippen LogP contribution in [0.15, 0.2) is 42.6 Å². The maximum atomic E-state index is 13.4. The number of aryl methyl sites for hydroxylation is 2. The molecule has 1 amide bonds. The Morgan fingerprint density at radius 3 is 2.91 bits per heavy atom. The van der Waals surface area contributed by atoms with Crippen LogP contribution in [0.5, 0.6) is 5.75 Å². The van der Waals surface area contributed by atoms with Crippen molar-refractivity contribution in [1.82, 2.24) is 15.0 Å². The van der Waals surface area contributed by atoms with E-state index in [1.165, 1.54) is 0 Å². The topological polar surface area (TPSA) is 130 Å². The second-order valence-electron chi connectivity index (χ2n) is 9.22. The molecule has 0 bridgehead atoms. The summed E-state index contributed by atoms with van der Waals surface area (Å²) in [5.74, 6) is -0.389. The third-order valence-corrected chi connectivity index (χ3v) is 6.95. The van der Waals surface area contributed by atoms with Crippen LogP contribution in [0.4, 0.5) is 5.69 Å². The molecule has 1 fully saturated rings. The summed E-state index contributed by atoms with van der Waals surface area (Å²) >= 11 is 0. The number of aromatic nitrogens is 3. The molecule has 2 aliphatic rings. The van der Waals surface area contributed by atoms with Crippen molar-refractivity contribution in [2.24, 2.45) is 13.0 Å². The molecule has 1 aliphatic heterocycles. The predicted octanol–water partition coefficient (Wildman–Crippen LogP) is 3.44. The lowest BCUT2D eigenvalue weighted by Crippen LogP contribution is -2.27. The zero-order chi connectivity index (χ0) is 24.6. The zero-order valence-electron chi connectivity index (χ0n) is 19.3. The van der Waals surface area contributed by atoms with E-state index in [1.54, 1.807) is 22.9 Å². The van der Waals surface area contributed by atoms with Crippen LogP contribution in [0.25, 0.3) is 11.3 Å². The van der Waals surface area contributed by atoms with E-state index >= 15 is 0 Å². The number of nitriles is 1. The van der Waals surface area contributed by atoms with E-state index in [1.807, 2.05) is 25.4 Å². The highest BCUT2D eigenvalue weighted by atomic mass is 16.5. The summed E-state index contributed by atoms with van der Waals surface area (Å²) in [6, 6.07) is 13.2. The van der Waals surface area contributed by atoms with Gasteiger partial charge < -0.3 is 15.2 Å². The van der Waals surface area contributed by atoms with Crippen molar-refractivity contribution in [3.8, 4) is 23.1 Å². The summed E-state index contributed by atoms with van der Waals surface area (Å²) in [6.07, 6.45) is 4.30. The van der Waals surface area contributed by atoms with Gasteiger partial charge in [0.1, 0.15) is 11.4 Å². The van der Waals surface area contributed by atoms with Gasteiger partial charge >= 0.3 is 5.97 Å². The lowest BCUT2D eigenvalue weighted by Gasteiger charge is -2.27. The van der Waals surface area contributed by atoms with Gasteiger partial charge in [0.05, 0.1) is 24.4 Å². The normalized spacial score (nSPS) is 19.9. The fraction of sp³-hybridized carbons (Fsp3) is 0.346. The fourth-order valence-electron chi connectivity index (χ4n) is 5.01. The highest BCUT2D eigenvalue weighted by Crippen LogP contribution is 2.61. The lowest BCUT2D eigenvalue weighted by molar-refractivity contribution is -0.137. The Labute approximate surface area is 202 Å². The number of rotatable bonds is 7. The average molecular weight is 472 g/mol. The number of nitrogens with one attached hydrogen (secondary N) is 1. The van der Waals surface area contributed by atoms with Crippen LogP contribution >= 0.6 is 0 Å². The van der Waals surface area contributed by atoms with Gasteiger partial charge in [0.25, 0.3) is 0 Å². The molecule has 35 heavy (non-hydrogen) atoms. The van der Waals surface area contributed by atoms with Crippen molar-refractivity contribution in [1.29, 1.82) is 5.26 Å². The molecule has 2 aromatic carbocycles. The van der Waals surface area contributed by atoms with E-state index in [0.717, 1.165) is 34.6 Å². The van der Waals surface area contributed by atoms with Crippen LogP contribution in [0.1, 0.15) is 42.4 Å². The molecule has 1 unspecified atom stereocenters. The van der Waals surface area contributed by atoms with Gasteiger partial charge in [0, 0.05) is 41.6 Å². The highest BCUT2D eigenvalue weighted by molar-refractivity contribution is 5.97. The average Bonchev–Trinajstić information content (AvgIpc) is 3.40. The summed E-state index contributed by atoms with van der Waals surface area (Å²) in [7, 11) is 1.82. The largest absolute Gasteiger partial charge is 0.493 e. The monoisotopic (exact) mass is 471 g/mol. The van der Waals surface area contributed by atoms with E-state index in [2.05, 4.69) is 27.8 Å². The minimum atomic E-state index is -0.858. The van der Waals surface area contributed by atoms with Crippen molar-refractivity contribution >= 4 is 17.6 Å². The molecular formula is C26H25N5O4. The van der Waals surface area contributed by atoms with E-state index in [4.69, 9.17) is 9.84 Å². The molecule has 1 spiro atoms. The van der Waals surface area contributed by atoms with Crippen LogP contribution in [0.3, 0.4) is 0 Å². The molecule has 178 valence electrons. The van der Waals surface area contributed by atoms with E-state index < -0.39 is 5.97 Å². The molecule has 2 atom stereocenters. The number of hydrogen-bond donors (Lipinski definition) is 2. The van der Waals surface area contributed by atoms with Crippen LogP contribution in [0, 0.1) is 17.2 Å². The minimum Gasteiger partial charge on any atom is -0.493 e. The Bertz CT molecular complexity index is 1360. The van der Waals surface area contributed by atoms with Crippen molar-refractivity contribution in [3.05, 3.63) is 59.3 Å². The number of hydrogen-bond acceptors (Lipinski definition) is 6. The number of fused-ring (bicyclic) bond motifs is 2. The van der Waals surface area contributed by atoms with Gasteiger partial charge in [-0.25, -0.2) is 0 Å². The Hall–Kier alpha value is -4.19. The van der Waals surface area contributed by atoms with Gasteiger partial charge in [-0.1, -0.05) is 11.3 Å². The third kappa shape index (κ3) is 4.35. The van der Waals surface area contributed by atoms with Crippen molar-refractivity contribution in [2.75, 3.05) is 11.9 Å². The molecule has 3 aromatic rings. The molecule has 9 heteroatoms. The molecule has 5 rings (SSSR count). The summed E-state index contributed by atoms with van der Waals surface area (Å²) < 4.78 is 7.55. The Morgan fingerprint density at radius 2 is 2.17 bits per heavy atom. The Morgan fingerprint density at radius 1 is 1.31 bits per heavy atom. The minimum absolute atomic E-state index is 0.0457. The first-order valence-corrected chi connectivity index (χ1v) is 11.6. The number of carbonyl (C=O) groups is 2. The molecule has 1 aliphatic carbocycles. The van der Waals surface area contributed by atoms with Crippen LogP contribution < -0.4 is 10.1 Å². The fourth-order valence-corrected chi connectivity index (χ4v) is 5.01. The van der Waals surface area contributed by atoms with Crippen molar-refractivity contribution in [2.45, 2.75) is 37.5 Å². The van der Waals surface area contributed by atoms with Gasteiger partial charge in [-0.3, -0.25) is 14.3 Å². The SMILES string of the molecule is Cn1cc(-c2ccc3c(c2)C2(CCO3)C[C@H]2C(=O)Nc2cc(C#N)ccc2CCCC(=O)O)nn1. The molecule has 1 aromatic heterocycles. The number of carbonyl (C=O) groups excluding carboxylic acids is 1. The predicted molar refractivity (Wildman–Crippen MR) is 127 cm³/mol. The van der Waals surface area contributed by atoms with Crippen LogP contribution in [-0.2, 0) is 28.5 Å². The number of carboxylic acids is 1. The van der Waals surface area contributed by atoms with Gasteiger partial charge in [-0.2, -0.15) is 5.26 Å². The smallest absolute Gasteiger partial charge is 0.303 e. The van der Waals surface area contributed by atoms with Gasteiger partial charge in [-0.05, 0) is 61.6 Å². The Kier molecular flexibility index (Phi) is 5.73. The van der Waals surface area contributed by atoms with E-state index in [-0.39, 0.29) is 23.7 Å². The summed E-state index contributed by atoms with van der Waals surface area (Å²) in [6.45, 7) is 0.547. The molecule has 0 saturated heterocycles. The van der Waals surface area contributed by atoms with E-state index in [0.29, 0.717) is 37.1 Å². The lowest BCUT2D eigenvalue weighted by atomic mass is 9.86.